The molecule has 2 rings (SSSR count). The number of aromatic nitrogens is 2. The van der Waals surface area contributed by atoms with Crippen LogP contribution in [0.25, 0.3) is 11.0 Å². The number of nitrogens with zero attached hydrogens (tertiary/aromatic N) is 1. The van der Waals surface area contributed by atoms with Crippen molar-refractivity contribution >= 4 is 16.9 Å². The van der Waals surface area contributed by atoms with E-state index in [1.807, 2.05) is 0 Å². The van der Waals surface area contributed by atoms with Crippen molar-refractivity contribution in [2.24, 2.45) is 0 Å². The third-order valence-electron chi connectivity index (χ3n) is 2.86. The smallest absolute Gasteiger partial charge is 0.251 e. The van der Waals surface area contributed by atoms with Gasteiger partial charge >= 0.3 is 0 Å². The highest BCUT2D eigenvalue weighted by atomic mass is 16.5. The Balaban J connectivity index is 2.09. The zero-order chi connectivity index (χ0) is 13.7. The van der Waals surface area contributed by atoms with Crippen LogP contribution in [0.1, 0.15) is 16.8 Å². The molecular formula is C13H17N3O3. The summed E-state index contributed by atoms with van der Waals surface area (Å²) in [4.78, 5) is 19.1. The molecule has 1 heterocycles. The first-order chi connectivity index (χ1) is 9.24. The molecule has 0 saturated carbocycles. The Morgan fingerprint density at radius 1 is 1.58 bits per heavy atom. The molecule has 0 radical (unpaired) electrons. The van der Waals surface area contributed by atoms with Crippen molar-refractivity contribution in [1.82, 2.24) is 15.3 Å². The fraction of sp³-hybridized carbons (Fsp3) is 0.385. The number of aliphatic hydroxyl groups is 1. The standard InChI is InChI=1S/C13H17N3O3/c1-19-7-10(4-5-17)16-13(18)9-2-3-11-12(6-9)15-8-14-11/h2-3,6,8,10,17H,4-5,7H2,1H3,(H,14,15)(H,16,18). The van der Waals surface area contributed by atoms with E-state index in [1.165, 1.54) is 0 Å². The second kappa shape index (κ2) is 6.31. The lowest BCUT2D eigenvalue weighted by molar-refractivity contribution is 0.0879. The van der Waals surface area contributed by atoms with Gasteiger partial charge in [0, 0.05) is 19.3 Å². The number of rotatable bonds is 6. The molecule has 2 aromatic rings. The largest absolute Gasteiger partial charge is 0.396 e. The van der Waals surface area contributed by atoms with E-state index in [0.717, 1.165) is 11.0 Å². The molecule has 1 unspecified atom stereocenters. The summed E-state index contributed by atoms with van der Waals surface area (Å²) >= 11 is 0. The predicted octanol–water partition coefficient (Wildman–Crippen LogP) is 0.690. The fourth-order valence-corrected chi connectivity index (χ4v) is 1.90. The van der Waals surface area contributed by atoms with Gasteiger partial charge in [0.15, 0.2) is 0 Å². The summed E-state index contributed by atoms with van der Waals surface area (Å²) in [7, 11) is 1.56. The number of nitrogens with one attached hydrogen (secondary N) is 2. The third kappa shape index (κ3) is 3.30. The molecule has 1 aromatic carbocycles. The van der Waals surface area contributed by atoms with Crippen molar-refractivity contribution in [3.05, 3.63) is 30.1 Å². The molecule has 0 aliphatic carbocycles. The summed E-state index contributed by atoms with van der Waals surface area (Å²) in [6.45, 7) is 0.381. The number of H-pyrrole nitrogens is 1. The highest BCUT2D eigenvalue weighted by Crippen LogP contribution is 2.11. The van der Waals surface area contributed by atoms with Crippen LogP contribution in [0.2, 0.25) is 0 Å². The summed E-state index contributed by atoms with van der Waals surface area (Å²) in [5.74, 6) is -0.188. The molecule has 1 amide bonds. The number of aromatic amines is 1. The minimum Gasteiger partial charge on any atom is -0.396 e. The molecule has 0 fully saturated rings. The zero-order valence-electron chi connectivity index (χ0n) is 10.7. The summed E-state index contributed by atoms with van der Waals surface area (Å²) in [5.41, 5.74) is 2.19. The molecule has 102 valence electrons. The lowest BCUT2D eigenvalue weighted by Crippen LogP contribution is -2.38. The fourth-order valence-electron chi connectivity index (χ4n) is 1.90. The van der Waals surface area contributed by atoms with Gasteiger partial charge in [-0.2, -0.15) is 0 Å². The molecular weight excluding hydrogens is 246 g/mol. The monoisotopic (exact) mass is 263 g/mol. The Morgan fingerprint density at radius 2 is 2.42 bits per heavy atom. The molecule has 1 atom stereocenters. The van der Waals surface area contributed by atoms with Crippen molar-refractivity contribution in [1.29, 1.82) is 0 Å². The van der Waals surface area contributed by atoms with Crippen LogP contribution in [0.3, 0.4) is 0 Å². The van der Waals surface area contributed by atoms with Gasteiger partial charge in [-0.05, 0) is 24.6 Å². The summed E-state index contributed by atoms with van der Waals surface area (Å²) in [5, 5.41) is 11.8. The molecule has 0 aliphatic rings. The number of imidazole rings is 1. The predicted molar refractivity (Wildman–Crippen MR) is 70.9 cm³/mol. The van der Waals surface area contributed by atoms with Gasteiger partial charge in [0.2, 0.25) is 0 Å². The minimum absolute atomic E-state index is 0.00783. The molecule has 0 aliphatic heterocycles. The van der Waals surface area contributed by atoms with E-state index >= 15 is 0 Å². The molecule has 0 spiro atoms. The highest BCUT2D eigenvalue weighted by Gasteiger charge is 2.13. The quantitative estimate of drug-likeness (QED) is 0.715. The van der Waals surface area contributed by atoms with Crippen LogP contribution >= 0.6 is 0 Å². The number of amides is 1. The lowest BCUT2D eigenvalue weighted by Gasteiger charge is -2.16. The van der Waals surface area contributed by atoms with E-state index in [-0.39, 0.29) is 18.6 Å². The average molecular weight is 263 g/mol. The Kier molecular flexibility index (Phi) is 4.48. The topological polar surface area (TPSA) is 87.2 Å². The van der Waals surface area contributed by atoms with E-state index in [4.69, 9.17) is 9.84 Å². The SMILES string of the molecule is COCC(CCO)NC(=O)c1ccc2nc[nH]c2c1. The van der Waals surface area contributed by atoms with Crippen LogP contribution < -0.4 is 5.32 Å². The number of aliphatic hydroxyl groups excluding tert-OH is 1. The van der Waals surface area contributed by atoms with Gasteiger partial charge in [0.05, 0.1) is 30.0 Å². The van der Waals surface area contributed by atoms with Gasteiger partial charge < -0.3 is 20.1 Å². The molecule has 0 bridgehead atoms. The zero-order valence-corrected chi connectivity index (χ0v) is 10.7. The number of fused-ring (bicyclic) bond motifs is 1. The normalized spacial score (nSPS) is 12.5. The molecule has 1 aromatic heterocycles. The van der Waals surface area contributed by atoms with E-state index in [1.54, 1.807) is 31.6 Å². The van der Waals surface area contributed by atoms with Crippen LogP contribution in [0, 0.1) is 0 Å². The maximum atomic E-state index is 12.1. The maximum absolute atomic E-state index is 12.1. The van der Waals surface area contributed by atoms with Crippen LogP contribution in [0.4, 0.5) is 0 Å². The summed E-state index contributed by atoms with van der Waals surface area (Å²) in [6, 6.07) is 5.07. The van der Waals surface area contributed by atoms with Gasteiger partial charge in [-0.25, -0.2) is 4.98 Å². The van der Waals surface area contributed by atoms with E-state index in [9.17, 15) is 4.79 Å². The third-order valence-corrected chi connectivity index (χ3v) is 2.86. The van der Waals surface area contributed by atoms with Crippen molar-refractivity contribution in [3.8, 4) is 0 Å². The number of benzene rings is 1. The van der Waals surface area contributed by atoms with Crippen LogP contribution in [-0.4, -0.2) is 47.3 Å². The second-order valence-corrected chi connectivity index (χ2v) is 4.27. The van der Waals surface area contributed by atoms with E-state index in [0.29, 0.717) is 18.6 Å². The lowest BCUT2D eigenvalue weighted by atomic mass is 10.1. The number of carbonyl (C=O) groups is 1. The second-order valence-electron chi connectivity index (χ2n) is 4.27. The Bertz CT molecular complexity index is 547. The van der Waals surface area contributed by atoms with Crippen LogP contribution in [0.15, 0.2) is 24.5 Å². The first-order valence-electron chi connectivity index (χ1n) is 6.08. The van der Waals surface area contributed by atoms with Crippen molar-refractivity contribution in [3.63, 3.8) is 0 Å². The van der Waals surface area contributed by atoms with Crippen LogP contribution in [-0.2, 0) is 4.74 Å². The highest BCUT2D eigenvalue weighted by molar-refractivity contribution is 5.97. The van der Waals surface area contributed by atoms with Gasteiger partial charge in [0.25, 0.3) is 5.91 Å². The minimum atomic E-state index is -0.194. The number of carbonyl (C=O) groups excluding carboxylic acids is 1. The average Bonchev–Trinajstić information content (AvgIpc) is 2.86. The number of hydrogen-bond donors (Lipinski definition) is 3. The summed E-state index contributed by atoms with van der Waals surface area (Å²) in [6.07, 6.45) is 2.05. The number of ether oxygens (including phenoxy) is 1. The van der Waals surface area contributed by atoms with Crippen LogP contribution in [0.5, 0.6) is 0 Å². The van der Waals surface area contributed by atoms with Crippen molar-refractivity contribution in [2.45, 2.75) is 12.5 Å². The molecule has 6 heteroatoms. The molecule has 3 N–H and O–H groups in total. The maximum Gasteiger partial charge on any atom is 0.251 e. The van der Waals surface area contributed by atoms with Gasteiger partial charge in [0.1, 0.15) is 0 Å². The first-order valence-corrected chi connectivity index (χ1v) is 6.08. The molecule has 0 saturated heterocycles. The molecule has 19 heavy (non-hydrogen) atoms. The summed E-state index contributed by atoms with van der Waals surface area (Å²) < 4.78 is 5.01. The van der Waals surface area contributed by atoms with Crippen molar-refractivity contribution in [2.75, 3.05) is 20.3 Å². The number of hydrogen-bond acceptors (Lipinski definition) is 4. The molecule has 6 nitrogen and oxygen atoms in total. The van der Waals surface area contributed by atoms with E-state index < -0.39 is 0 Å². The van der Waals surface area contributed by atoms with Gasteiger partial charge in [-0.1, -0.05) is 0 Å². The first kappa shape index (κ1) is 13.5. The van der Waals surface area contributed by atoms with Crippen molar-refractivity contribution < 1.29 is 14.6 Å². The van der Waals surface area contributed by atoms with E-state index in [2.05, 4.69) is 15.3 Å². The van der Waals surface area contributed by atoms with Gasteiger partial charge in [-0.3, -0.25) is 4.79 Å². The van der Waals surface area contributed by atoms with Gasteiger partial charge in [-0.15, -0.1) is 0 Å². The Labute approximate surface area is 110 Å². The Morgan fingerprint density at radius 3 is 3.16 bits per heavy atom. The Hall–Kier alpha value is -1.92. The number of methoxy groups -OCH3 is 1.